The summed E-state index contributed by atoms with van der Waals surface area (Å²) in [6.45, 7) is 3.91. The largest absolute Gasteiger partial charge is 0.469 e. The molecule has 21 heavy (non-hydrogen) atoms. The second-order valence-corrected chi connectivity index (χ2v) is 5.66. The van der Waals surface area contributed by atoms with Gasteiger partial charge in [-0.15, -0.1) is 0 Å². The number of carbonyl (C=O) groups excluding carboxylic acids is 2. The van der Waals surface area contributed by atoms with Crippen LogP contribution < -0.4 is 0 Å². The first-order chi connectivity index (χ1) is 9.78. The number of likely N-dealkylation sites (tertiary alicyclic amines) is 1. The van der Waals surface area contributed by atoms with Crippen molar-refractivity contribution in [1.29, 1.82) is 0 Å². The molecule has 0 aliphatic carbocycles. The van der Waals surface area contributed by atoms with Gasteiger partial charge >= 0.3 is 12.1 Å². The first kappa shape index (κ1) is 17.2. The molecule has 1 amide bonds. The van der Waals surface area contributed by atoms with Crippen molar-refractivity contribution in [3.8, 4) is 0 Å². The number of carbonyl (C=O) groups is 2. The predicted molar refractivity (Wildman–Crippen MR) is 73.4 cm³/mol. The lowest BCUT2D eigenvalue weighted by molar-refractivity contribution is -0.499. The van der Waals surface area contributed by atoms with E-state index in [1.807, 2.05) is 0 Å². The highest BCUT2D eigenvalue weighted by molar-refractivity contribution is 5.70. The number of hydrogen-bond acceptors (Lipinski definition) is 6. The zero-order valence-electron chi connectivity index (χ0n) is 12.7. The maximum absolute atomic E-state index is 11.8. The van der Waals surface area contributed by atoms with Gasteiger partial charge in [0.25, 0.3) is 0 Å². The summed E-state index contributed by atoms with van der Waals surface area (Å²) in [4.78, 5) is 35.2. The van der Waals surface area contributed by atoms with E-state index < -0.39 is 22.4 Å². The molecule has 8 heteroatoms. The monoisotopic (exact) mass is 302 g/mol. The SMILES string of the molecule is COC(=O)CC1(C[N+](=O)[O-])CCN(C(=O)OC(C)C)CC1. The lowest BCUT2D eigenvalue weighted by atomic mass is 9.75. The topological polar surface area (TPSA) is 99.0 Å². The Morgan fingerprint density at radius 3 is 2.33 bits per heavy atom. The average molecular weight is 302 g/mol. The van der Waals surface area contributed by atoms with Crippen molar-refractivity contribution in [2.75, 3.05) is 26.7 Å². The summed E-state index contributed by atoms with van der Waals surface area (Å²) in [5, 5.41) is 10.9. The van der Waals surface area contributed by atoms with E-state index in [9.17, 15) is 19.7 Å². The summed E-state index contributed by atoms with van der Waals surface area (Å²) in [5.74, 6) is -0.463. The first-order valence-corrected chi connectivity index (χ1v) is 6.92. The zero-order chi connectivity index (χ0) is 16.0. The van der Waals surface area contributed by atoms with E-state index in [0.29, 0.717) is 25.9 Å². The number of ether oxygens (including phenoxy) is 2. The number of nitrogens with zero attached hydrogens (tertiary/aromatic N) is 2. The van der Waals surface area contributed by atoms with Crippen LogP contribution in [0.25, 0.3) is 0 Å². The Kier molecular flexibility index (Phi) is 5.92. The molecule has 0 atom stereocenters. The molecular formula is C13H22N2O6. The lowest BCUT2D eigenvalue weighted by Crippen LogP contribution is -2.47. The van der Waals surface area contributed by atoms with E-state index in [1.165, 1.54) is 12.0 Å². The van der Waals surface area contributed by atoms with Crippen LogP contribution in [0.1, 0.15) is 33.1 Å². The molecule has 1 heterocycles. The molecule has 1 saturated heterocycles. The molecule has 0 aromatic heterocycles. The van der Waals surface area contributed by atoms with E-state index in [1.54, 1.807) is 13.8 Å². The summed E-state index contributed by atoms with van der Waals surface area (Å²) in [5.41, 5.74) is -0.745. The van der Waals surface area contributed by atoms with Crippen LogP contribution in [0.2, 0.25) is 0 Å². The van der Waals surface area contributed by atoms with Crippen molar-refractivity contribution >= 4 is 12.1 Å². The fourth-order valence-electron chi connectivity index (χ4n) is 2.48. The number of amides is 1. The first-order valence-electron chi connectivity index (χ1n) is 6.92. The van der Waals surface area contributed by atoms with Gasteiger partial charge < -0.3 is 14.4 Å². The molecule has 0 N–H and O–H groups in total. The predicted octanol–water partition coefficient (Wildman–Crippen LogP) is 1.45. The molecule has 0 spiro atoms. The van der Waals surface area contributed by atoms with Crippen molar-refractivity contribution < 1.29 is 24.0 Å². The van der Waals surface area contributed by atoms with Crippen molar-refractivity contribution in [3.63, 3.8) is 0 Å². The van der Waals surface area contributed by atoms with Crippen LogP contribution >= 0.6 is 0 Å². The molecule has 0 radical (unpaired) electrons. The van der Waals surface area contributed by atoms with Gasteiger partial charge in [0.05, 0.1) is 19.6 Å². The Hall–Kier alpha value is -1.86. The standard InChI is InChI=1S/C13H22N2O6/c1-10(2)21-12(17)14-6-4-13(5-7-14,9-15(18)19)8-11(16)20-3/h10H,4-9H2,1-3H3. The number of hydrogen-bond donors (Lipinski definition) is 0. The van der Waals surface area contributed by atoms with Crippen LogP contribution in [0.3, 0.4) is 0 Å². The molecule has 0 aromatic rings. The Labute approximate surface area is 123 Å². The average Bonchev–Trinajstić information content (AvgIpc) is 2.37. The Morgan fingerprint density at radius 2 is 1.90 bits per heavy atom. The van der Waals surface area contributed by atoms with E-state index >= 15 is 0 Å². The van der Waals surface area contributed by atoms with Gasteiger partial charge in [-0.3, -0.25) is 14.9 Å². The van der Waals surface area contributed by atoms with Crippen molar-refractivity contribution in [2.24, 2.45) is 5.41 Å². The quantitative estimate of drug-likeness (QED) is 0.433. The summed E-state index contributed by atoms with van der Waals surface area (Å²) < 4.78 is 9.72. The maximum atomic E-state index is 11.8. The third-order valence-corrected chi connectivity index (χ3v) is 3.63. The number of nitro groups is 1. The highest BCUT2D eigenvalue weighted by Gasteiger charge is 2.42. The summed E-state index contributed by atoms with van der Waals surface area (Å²) >= 11 is 0. The smallest absolute Gasteiger partial charge is 0.410 e. The zero-order valence-corrected chi connectivity index (χ0v) is 12.7. The van der Waals surface area contributed by atoms with E-state index in [2.05, 4.69) is 4.74 Å². The summed E-state index contributed by atoms with van der Waals surface area (Å²) in [7, 11) is 1.26. The fourth-order valence-corrected chi connectivity index (χ4v) is 2.48. The molecule has 1 aliphatic rings. The minimum atomic E-state index is -0.745. The van der Waals surface area contributed by atoms with Crippen molar-refractivity contribution in [3.05, 3.63) is 10.1 Å². The Morgan fingerprint density at radius 1 is 1.33 bits per heavy atom. The molecule has 0 aromatic carbocycles. The Balaban J connectivity index is 2.68. The van der Waals surface area contributed by atoms with Crippen LogP contribution in [0.5, 0.6) is 0 Å². The second-order valence-electron chi connectivity index (χ2n) is 5.66. The van der Waals surface area contributed by atoms with Gasteiger partial charge in [0.1, 0.15) is 0 Å². The molecule has 0 bridgehead atoms. The number of rotatable bonds is 5. The fraction of sp³-hybridized carbons (Fsp3) is 0.846. The molecule has 1 rings (SSSR count). The van der Waals surface area contributed by atoms with Crippen LogP contribution in [0, 0.1) is 15.5 Å². The number of piperidine rings is 1. The van der Waals surface area contributed by atoms with Crippen LogP contribution in [-0.2, 0) is 14.3 Å². The highest BCUT2D eigenvalue weighted by atomic mass is 16.6. The second kappa shape index (κ2) is 7.24. The van der Waals surface area contributed by atoms with Gasteiger partial charge in [0.2, 0.25) is 6.54 Å². The van der Waals surface area contributed by atoms with Gasteiger partial charge in [-0.1, -0.05) is 0 Å². The van der Waals surface area contributed by atoms with Gasteiger partial charge in [-0.25, -0.2) is 4.79 Å². The van der Waals surface area contributed by atoms with Crippen LogP contribution in [0.15, 0.2) is 0 Å². The third-order valence-electron chi connectivity index (χ3n) is 3.63. The maximum Gasteiger partial charge on any atom is 0.410 e. The highest BCUT2D eigenvalue weighted by Crippen LogP contribution is 2.36. The van der Waals surface area contributed by atoms with Crippen molar-refractivity contribution in [2.45, 2.75) is 39.2 Å². The van der Waals surface area contributed by atoms with Crippen molar-refractivity contribution in [1.82, 2.24) is 4.90 Å². The van der Waals surface area contributed by atoms with Crippen LogP contribution in [0.4, 0.5) is 4.79 Å². The molecule has 120 valence electrons. The lowest BCUT2D eigenvalue weighted by Gasteiger charge is -2.38. The number of methoxy groups -OCH3 is 1. The summed E-state index contributed by atoms with van der Waals surface area (Å²) in [6, 6.07) is 0. The molecule has 0 saturated carbocycles. The minimum absolute atomic E-state index is 0.00243. The van der Waals surface area contributed by atoms with Gasteiger partial charge in [-0.05, 0) is 26.7 Å². The molecule has 1 fully saturated rings. The molecule has 0 unspecified atom stereocenters. The minimum Gasteiger partial charge on any atom is -0.469 e. The third kappa shape index (κ3) is 5.20. The number of esters is 1. The Bertz CT molecular complexity index is 401. The molecular weight excluding hydrogens is 280 g/mol. The summed E-state index contributed by atoms with van der Waals surface area (Å²) in [6.07, 6.45) is 0.139. The molecule has 8 nitrogen and oxygen atoms in total. The van der Waals surface area contributed by atoms with E-state index in [-0.39, 0.29) is 19.1 Å². The van der Waals surface area contributed by atoms with E-state index in [0.717, 1.165) is 0 Å². The van der Waals surface area contributed by atoms with Gasteiger partial charge in [0.15, 0.2) is 0 Å². The van der Waals surface area contributed by atoms with Gasteiger partial charge in [0, 0.05) is 23.4 Å². The molecule has 1 aliphatic heterocycles. The normalized spacial score (nSPS) is 17.4. The van der Waals surface area contributed by atoms with E-state index in [4.69, 9.17) is 4.74 Å². The van der Waals surface area contributed by atoms with Crippen LogP contribution in [-0.4, -0.2) is 54.7 Å². The van der Waals surface area contributed by atoms with Gasteiger partial charge in [-0.2, -0.15) is 0 Å².